The maximum absolute atomic E-state index is 14.3. The molecule has 5 N–H and O–H groups in total. The first-order valence-corrected chi connectivity index (χ1v) is 20.7. The number of aliphatic hydroxyl groups excluding tert-OH is 1. The van der Waals surface area contributed by atoms with Crippen LogP contribution >= 0.6 is 11.3 Å². The van der Waals surface area contributed by atoms with E-state index in [-0.39, 0.29) is 31.1 Å². The van der Waals surface area contributed by atoms with Gasteiger partial charge in [-0.25, -0.2) is 4.98 Å². The van der Waals surface area contributed by atoms with Crippen molar-refractivity contribution in [3.05, 3.63) is 64.6 Å². The molecule has 54 heavy (non-hydrogen) atoms. The van der Waals surface area contributed by atoms with Crippen LogP contribution < -0.4 is 21.3 Å². The molecule has 12 nitrogen and oxygen atoms in total. The Balaban J connectivity index is 1.31. The maximum atomic E-state index is 14.3. The van der Waals surface area contributed by atoms with E-state index in [1.54, 1.807) is 5.51 Å². The fraction of sp³-hybridized carbons (Fsp3) is 0.585. The van der Waals surface area contributed by atoms with Gasteiger partial charge in [0.25, 0.3) is 0 Å². The summed E-state index contributed by atoms with van der Waals surface area (Å²) in [6.07, 6.45) is 5.80. The first kappa shape index (κ1) is 41.3. The predicted octanol–water partition coefficient (Wildman–Crippen LogP) is 3.75. The minimum Gasteiger partial charge on any atom is -0.390 e. The smallest absolute Gasteiger partial charge is 0.243 e. The molecular formula is C41H58N6O6S. The molecule has 4 amide bonds. The number of benzene rings is 2. The molecule has 2 aliphatic rings. The van der Waals surface area contributed by atoms with Crippen molar-refractivity contribution in [2.75, 3.05) is 45.9 Å². The van der Waals surface area contributed by atoms with Crippen molar-refractivity contribution < 1.29 is 29.0 Å². The van der Waals surface area contributed by atoms with Gasteiger partial charge < -0.3 is 31.1 Å². The van der Waals surface area contributed by atoms with Crippen molar-refractivity contribution >= 4 is 45.7 Å². The monoisotopic (exact) mass is 762 g/mol. The van der Waals surface area contributed by atoms with Crippen molar-refractivity contribution in [3.8, 4) is 0 Å². The van der Waals surface area contributed by atoms with Crippen LogP contribution in [0.5, 0.6) is 0 Å². The van der Waals surface area contributed by atoms with Gasteiger partial charge in [-0.2, -0.15) is 0 Å². The molecule has 294 valence electrons. The summed E-state index contributed by atoms with van der Waals surface area (Å²) in [6, 6.07) is 12.2. The van der Waals surface area contributed by atoms with Crippen LogP contribution in [0.15, 0.2) is 53.4 Å². The lowest BCUT2D eigenvalue weighted by Gasteiger charge is -2.31. The molecular weight excluding hydrogens is 705 g/mol. The second-order valence-electron chi connectivity index (χ2n) is 14.8. The summed E-state index contributed by atoms with van der Waals surface area (Å²) in [7, 11) is 0. The van der Waals surface area contributed by atoms with Crippen molar-refractivity contribution in [1.29, 1.82) is 0 Å². The molecule has 1 aliphatic heterocycles. The quantitative estimate of drug-likeness (QED) is 0.116. The van der Waals surface area contributed by atoms with Crippen molar-refractivity contribution in [3.63, 3.8) is 0 Å². The molecule has 0 radical (unpaired) electrons. The summed E-state index contributed by atoms with van der Waals surface area (Å²) in [5.41, 5.74) is 3.27. The summed E-state index contributed by atoms with van der Waals surface area (Å²) < 4.78 is 5.41. The number of carbonyl (C=O) groups excluding carboxylic acids is 4. The molecule has 2 fully saturated rings. The van der Waals surface area contributed by atoms with Crippen molar-refractivity contribution in [2.24, 2.45) is 11.8 Å². The largest absolute Gasteiger partial charge is 0.390 e. The van der Waals surface area contributed by atoms with E-state index >= 15 is 0 Å². The topological polar surface area (TPSA) is 162 Å². The highest BCUT2D eigenvalue weighted by Crippen LogP contribution is 2.29. The van der Waals surface area contributed by atoms with Crippen LogP contribution in [0.1, 0.15) is 76.0 Å². The van der Waals surface area contributed by atoms with Gasteiger partial charge in [0, 0.05) is 50.9 Å². The van der Waals surface area contributed by atoms with E-state index in [0.717, 1.165) is 61.5 Å². The molecule has 2 aromatic carbocycles. The Morgan fingerprint density at radius 2 is 1.65 bits per heavy atom. The SMILES string of the molecule is CCCNC(=O)C[C@@H](Cc1cccc2ccccc12)C(=O)NC(Cc1cscn1)C(=O)N[C@@H](CC1CCCCC1)[C@@H](O)CC(=O)NCCN1CCOCC1. The van der Waals surface area contributed by atoms with E-state index in [9.17, 15) is 24.3 Å². The van der Waals surface area contributed by atoms with Gasteiger partial charge in [0.1, 0.15) is 6.04 Å². The Bertz CT molecular complexity index is 1620. The number of aliphatic hydroxyl groups is 1. The Kier molecular flexibility index (Phi) is 16.7. The van der Waals surface area contributed by atoms with Gasteiger partial charge in [0.05, 0.1) is 48.9 Å². The first-order chi connectivity index (χ1) is 26.3. The minimum absolute atomic E-state index is 0.0379. The molecule has 0 bridgehead atoms. The zero-order valence-electron chi connectivity index (χ0n) is 31.6. The number of morpholine rings is 1. The normalized spacial score (nSPS) is 17.6. The minimum atomic E-state index is -1.11. The van der Waals surface area contributed by atoms with Gasteiger partial charge in [-0.15, -0.1) is 11.3 Å². The van der Waals surface area contributed by atoms with Gasteiger partial charge in [-0.05, 0) is 41.5 Å². The number of aromatic nitrogens is 1. The van der Waals surface area contributed by atoms with Crippen LogP contribution in [0.4, 0.5) is 0 Å². The lowest BCUT2D eigenvalue weighted by molar-refractivity contribution is -0.134. The average Bonchev–Trinajstić information content (AvgIpc) is 3.70. The summed E-state index contributed by atoms with van der Waals surface area (Å²) in [5.74, 6) is -1.80. The Labute approximate surface area is 323 Å². The Hall–Kier alpha value is -3.91. The van der Waals surface area contributed by atoms with E-state index < -0.39 is 35.9 Å². The third kappa shape index (κ3) is 13.1. The summed E-state index contributed by atoms with van der Waals surface area (Å²) in [5, 5.41) is 27.3. The molecule has 2 heterocycles. The molecule has 1 saturated heterocycles. The van der Waals surface area contributed by atoms with Gasteiger partial charge in [-0.1, -0.05) is 81.5 Å². The highest BCUT2D eigenvalue weighted by atomic mass is 32.1. The Morgan fingerprint density at radius 3 is 2.41 bits per heavy atom. The highest BCUT2D eigenvalue weighted by Gasteiger charge is 2.33. The second-order valence-corrected chi connectivity index (χ2v) is 15.5. The van der Waals surface area contributed by atoms with E-state index in [0.29, 0.717) is 57.3 Å². The molecule has 3 aromatic rings. The van der Waals surface area contributed by atoms with Gasteiger partial charge >= 0.3 is 0 Å². The van der Waals surface area contributed by atoms with E-state index in [1.165, 1.54) is 17.8 Å². The predicted molar refractivity (Wildman–Crippen MR) is 211 cm³/mol. The van der Waals surface area contributed by atoms with Crippen LogP contribution in [-0.2, 0) is 36.8 Å². The van der Waals surface area contributed by atoms with E-state index in [2.05, 4.69) is 31.2 Å². The number of thiazole rings is 1. The number of hydrogen-bond donors (Lipinski definition) is 5. The molecule has 13 heteroatoms. The number of ether oxygens (including phenoxy) is 1. The zero-order valence-corrected chi connectivity index (χ0v) is 32.4. The first-order valence-electron chi connectivity index (χ1n) is 19.7. The van der Waals surface area contributed by atoms with Crippen LogP contribution in [0.25, 0.3) is 10.8 Å². The highest BCUT2D eigenvalue weighted by molar-refractivity contribution is 7.07. The Morgan fingerprint density at radius 1 is 0.907 bits per heavy atom. The summed E-state index contributed by atoms with van der Waals surface area (Å²) in [6.45, 7) is 6.64. The number of carbonyl (C=O) groups is 4. The number of rotatable bonds is 20. The fourth-order valence-corrected chi connectivity index (χ4v) is 8.13. The second kappa shape index (κ2) is 21.8. The lowest BCUT2D eigenvalue weighted by Crippen LogP contribution is -2.55. The van der Waals surface area contributed by atoms with E-state index in [1.807, 2.05) is 54.8 Å². The molecule has 0 spiro atoms. The fourth-order valence-electron chi connectivity index (χ4n) is 7.56. The van der Waals surface area contributed by atoms with Crippen LogP contribution in [-0.4, -0.2) is 103 Å². The van der Waals surface area contributed by atoms with Crippen LogP contribution in [0, 0.1) is 11.8 Å². The number of amides is 4. The van der Waals surface area contributed by atoms with Crippen molar-refractivity contribution in [1.82, 2.24) is 31.2 Å². The van der Waals surface area contributed by atoms with Gasteiger partial charge in [0.2, 0.25) is 23.6 Å². The molecule has 1 unspecified atom stereocenters. The third-order valence-electron chi connectivity index (χ3n) is 10.6. The molecule has 1 aromatic heterocycles. The average molecular weight is 763 g/mol. The summed E-state index contributed by atoms with van der Waals surface area (Å²) in [4.78, 5) is 61.2. The standard InChI is InChI=1S/C41H58N6O6S/c1-2-15-42-38(49)24-32(23-31-13-8-12-30-11-6-7-14-34(30)31)40(51)46-36(25-33-27-54-28-44-33)41(52)45-35(22-29-9-4-3-5-10-29)37(48)26-39(50)43-16-17-47-18-20-53-21-19-47/h6-8,11-14,27-29,32,35-37,48H,2-5,9-10,15-26H2,1H3,(H,42,49)(H,43,50)(H,45,52)(H,46,51)/t32-,35+,36?,37+/m1/s1. The van der Waals surface area contributed by atoms with Gasteiger partial charge in [0.15, 0.2) is 0 Å². The van der Waals surface area contributed by atoms with Gasteiger partial charge in [-0.3, -0.25) is 24.1 Å². The lowest BCUT2D eigenvalue weighted by atomic mass is 9.83. The number of hydrogen-bond acceptors (Lipinski definition) is 9. The number of nitrogens with one attached hydrogen (secondary N) is 4. The maximum Gasteiger partial charge on any atom is 0.243 e. The molecule has 1 aliphatic carbocycles. The van der Waals surface area contributed by atoms with Crippen molar-refractivity contribution in [2.45, 2.75) is 95.7 Å². The zero-order chi connectivity index (χ0) is 38.1. The van der Waals surface area contributed by atoms with E-state index in [4.69, 9.17) is 4.74 Å². The van der Waals surface area contributed by atoms with Crippen LogP contribution in [0.2, 0.25) is 0 Å². The number of nitrogens with zero attached hydrogens (tertiary/aromatic N) is 2. The number of fused-ring (bicyclic) bond motifs is 1. The summed E-state index contributed by atoms with van der Waals surface area (Å²) >= 11 is 1.40. The third-order valence-corrected chi connectivity index (χ3v) is 11.2. The molecule has 4 atom stereocenters. The van der Waals surface area contributed by atoms with Crippen LogP contribution in [0.3, 0.4) is 0 Å². The molecule has 1 saturated carbocycles. The molecule has 5 rings (SSSR count).